The van der Waals surface area contributed by atoms with Gasteiger partial charge in [0, 0.05) is 37.8 Å². The van der Waals surface area contributed by atoms with Gasteiger partial charge in [-0.1, -0.05) is 13.8 Å². The van der Waals surface area contributed by atoms with Crippen LogP contribution in [-0.4, -0.2) is 74.4 Å². The van der Waals surface area contributed by atoms with E-state index >= 15 is 0 Å². The zero-order valence-corrected chi connectivity index (χ0v) is 14.5. The van der Waals surface area contributed by atoms with E-state index in [1.54, 1.807) is 0 Å². The molecule has 3 atom stereocenters. The molecule has 0 spiro atoms. The molecule has 0 radical (unpaired) electrons. The van der Waals surface area contributed by atoms with Gasteiger partial charge in [-0.3, -0.25) is 4.90 Å². The Morgan fingerprint density at radius 3 is 2.52 bits per heavy atom. The summed E-state index contributed by atoms with van der Waals surface area (Å²) in [5.41, 5.74) is 0. The number of hydrogen-bond acceptors (Lipinski definition) is 4. The van der Waals surface area contributed by atoms with E-state index in [2.05, 4.69) is 42.9 Å². The molecule has 4 nitrogen and oxygen atoms in total. The molecule has 21 heavy (non-hydrogen) atoms. The van der Waals surface area contributed by atoms with Crippen LogP contribution in [0.3, 0.4) is 0 Å². The lowest BCUT2D eigenvalue weighted by atomic mass is 9.97. The molecular formula is C17H35N3O. The average molecular weight is 297 g/mol. The molecule has 2 fully saturated rings. The van der Waals surface area contributed by atoms with Crippen molar-refractivity contribution in [2.24, 2.45) is 5.92 Å². The smallest absolute Gasteiger partial charge is 0.0594 e. The Balaban J connectivity index is 1.80. The number of likely N-dealkylation sites (tertiary alicyclic amines) is 1. The maximum absolute atomic E-state index is 5.51. The van der Waals surface area contributed by atoms with Crippen LogP contribution in [0.1, 0.15) is 40.0 Å². The third-order valence-electron chi connectivity index (χ3n) is 5.16. The quantitative estimate of drug-likeness (QED) is 0.809. The largest absolute Gasteiger partial charge is 0.379 e. The summed E-state index contributed by atoms with van der Waals surface area (Å²) >= 11 is 0. The second kappa shape index (κ2) is 8.47. The molecule has 0 bridgehead atoms. The second-order valence-corrected chi connectivity index (χ2v) is 7.39. The van der Waals surface area contributed by atoms with Gasteiger partial charge >= 0.3 is 0 Å². The SMILES string of the molecule is CC(C)CC(CNC1CCN(C)C(C)C1)N1CCOCC1. The molecular weight excluding hydrogens is 262 g/mol. The fourth-order valence-electron chi connectivity index (χ4n) is 3.63. The molecule has 0 aromatic carbocycles. The van der Waals surface area contributed by atoms with Crippen LogP contribution < -0.4 is 5.32 Å². The molecule has 124 valence electrons. The number of rotatable bonds is 6. The summed E-state index contributed by atoms with van der Waals surface area (Å²) in [6, 6.07) is 2.08. The van der Waals surface area contributed by atoms with Crippen molar-refractivity contribution < 1.29 is 4.74 Å². The Bertz CT molecular complexity index is 292. The van der Waals surface area contributed by atoms with Gasteiger partial charge in [0.25, 0.3) is 0 Å². The first-order valence-electron chi connectivity index (χ1n) is 8.81. The molecule has 0 aliphatic carbocycles. The molecule has 1 N–H and O–H groups in total. The Morgan fingerprint density at radius 1 is 1.19 bits per heavy atom. The fraction of sp³-hybridized carbons (Fsp3) is 1.00. The molecule has 2 heterocycles. The molecule has 0 aromatic rings. The first-order valence-corrected chi connectivity index (χ1v) is 8.81. The van der Waals surface area contributed by atoms with Crippen molar-refractivity contribution in [2.75, 3.05) is 46.4 Å². The van der Waals surface area contributed by atoms with Gasteiger partial charge in [0.05, 0.1) is 13.2 Å². The molecule has 0 aromatic heterocycles. The normalized spacial score (nSPS) is 30.7. The Hall–Kier alpha value is -0.160. The van der Waals surface area contributed by atoms with Gasteiger partial charge in [-0.15, -0.1) is 0 Å². The zero-order chi connectivity index (χ0) is 15.2. The van der Waals surface area contributed by atoms with Crippen LogP contribution in [0.2, 0.25) is 0 Å². The first kappa shape index (κ1) is 17.2. The van der Waals surface area contributed by atoms with Gasteiger partial charge in [-0.25, -0.2) is 0 Å². The van der Waals surface area contributed by atoms with Gasteiger partial charge in [-0.2, -0.15) is 0 Å². The van der Waals surface area contributed by atoms with Crippen LogP contribution >= 0.6 is 0 Å². The number of hydrogen-bond donors (Lipinski definition) is 1. The van der Waals surface area contributed by atoms with Crippen LogP contribution in [0.25, 0.3) is 0 Å². The fourth-order valence-corrected chi connectivity index (χ4v) is 3.63. The summed E-state index contributed by atoms with van der Waals surface area (Å²) in [5, 5.41) is 3.87. The molecule has 2 rings (SSSR count). The lowest BCUT2D eigenvalue weighted by Gasteiger charge is -2.39. The maximum atomic E-state index is 5.51. The van der Waals surface area contributed by atoms with Gasteiger partial charge in [0.2, 0.25) is 0 Å². The van der Waals surface area contributed by atoms with Crippen molar-refractivity contribution in [2.45, 2.75) is 58.2 Å². The summed E-state index contributed by atoms with van der Waals surface area (Å²) in [7, 11) is 2.25. The molecule has 0 saturated carbocycles. The van der Waals surface area contributed by atoms with Crippen molar-refractivity contribution in [3.63, 3.8) is 0 Å². The zero-order valence-electron chi connectivity index (χ0n) is 14.5. The Labute approximate surface area is 131 Å². The maximum Gasteiger partial charge on any atom is 0.0594 e. The third kappa shape index (κ3) is 5.51. The van der Waals surface area contributed by atoms with E-state index in [9.17, 15) is 0 Å². The van der Waals surface area contributed by atoms with Crippen molar-refractivity contribution in [1.29, 1.82) is 0 Å². The van der Waals surface area contributed by atoms with Crippen molar-refractivity contribution in [3.8, 4) is 0 Å². The minimum atomic E-state index is 0.670. The number of nitrogens with one attached hydrogen (secondary N) is 1. The summed E-state index contributed by atoms with van der Waals surface area (Å²) in [4.78, 5) is 5.11. The molecule has 0 amide bonds. The summed E-state index contributed by atoms with van der Waals surface area (Å²) in [6.07, 6.45) is 3.86. The number of morpholine rings is 1. The number of piperidine rings is 1. The van der Waals surface area contributed by atoms with Crippen molar-refractivity contribution >= 4 is 0 Å². The van der Waals surface area contributed by atoms with Gasteiger partial charge in [-0.05, 0) is 45.7 Å². The van der Waals surface area contributed by atoms with Crippen LogP contribution in [0.5, 0.6) is 0 Å². The topological polar surface area (TPSA) is 27.7 Å². The summed E-state index contributed by atoms with van der Waals surface area (Å²) < 4.78 is 5.51. The van der Waals surface area contributed by atoms with Crippen LogP contribution in [0.4, 0.5) is 0 Å². The van der Waals surface area contributed by atoms with Gasteiger partial charge in [0.1, 0.15) is 0 Å². The Kier molecular flexibility index (Phi) is 6.93. The van der Waals surface area contributed by atoms with Crippen molar-refractivity contribution in [3.05, 3.63) is 0 Å². The predicted molar refractivity (Wildman–Crippen MR) is 88.8 cm³/mol. The van der Waals surface area contributed by atoms with Crippen molar-refractivity contribution in [1.82, 2.24) is 15.1 Å². The monoisotopic (exact) mass is 297 g/mol. The highest BCUT2D eigenvalue weighted by atomic mass is 16.5. The van der Waals surface area contributed by atoms with E-state index < -0.39 is 0 Å². The summed E-state index contributed by atoms with van der Waals surface area (Å²) in [5.74, 6) is 0.760. The van der Waals surface area contributed by atoms with E-state index in [-0.39, 0.29) is 0 Å². The molecule has 2 saturated heterocycles. The molecule has 3 unspecified atom stereocenters. The highest BCUT2D eigenvalue weighted by Crippen LogP contribution is 2.17. The minimum Gasteiger partial charge on any atom is -0.379 e. The van der Waals surface area contributed by atoms with E-state index in [1.807, 2.05) is 0 Å². The van der Waals surface area contributed by atoms with Crippen LogP contribution in [-0.2, 0) is 4.74 Å². The third-order valence-corrected chi connectivity index (χ3v) is 5.16. The second-order valence-electron chi connectivity index (χ2n) is 7.39. The highest BCUT2D eigenvalue weighted by molar-refractivity contribution is 4.84. The van der Waals surface area contributed by atoms with Gasteiger partial charge < -0.3 is 15.0 Å². The molecule has 4 heteroatoms. The Morgan fingerprint density at radius 2 is 1.90 bits per heavy atom. The molecule has 2 aliphatic rings. The van der Waals surface area contributed by atoms with E-state index in [0.717, 1.165) is 38.8 Å². The van der Waals surface area contributed by atoms with E-state index in [4.69, 9.17) is 4.74 Å². The lowest BCUT2D eigenvalue weighted by molar-refractivity contribution is 0.0111. The predicted octanol–water partition coefficient (Wildman–Crippen LogP) is 1.81. The highest BCUT2D eigenvalue weighted by Gasteiger charge is 2.26. The average Bonchev–Trinajstić information content (AvgIpc) is 2.47. The number of nitrogens with zero attached hydrogens (tertiary/aromatic N) is 2. The number of ether oxygens (including phenoxy) is 1. The first-order chi connectivity index (χ1) is 10.1. The van der Waals surface area contributed by atoms with Gasteiger partial charge in [0.15, 0.2) is 0 Å². The standard InChI is InChI=1S/C17H35N3O/c1-14(2)11-17(20-7-9-21-10-8-20)13-18-16-5-6-19(4)15(3)12-16/h14-18H,5-13H2,1-4H3. The van der Waals surface area contributed by atoms with E-state index in [0.29, 0.717) is 18.1 Å². The molecule has 2 aliphatic heterocycles. The van der Waals surface area contributed by atoms with E-state index in [1.165, 1.54) is 25.8 Å². The summed E-state index contributed by atoms with van der Waals surface area (Å²) in [6.45, 7) is 13.4. The minimum absolute atomic E-state index is 0.670. The van der Waals surface area contributed by atoms with Crippen LogP contribution in [0.15, 0.2) is 0 Å². The lowest BCUT2D eigenvalue weighted by Crippen LogP contribution is -2.52. The van der Waals surface area contributed by atoms with Crippen LogP contribution in [0, 0.1) is 5.92 Å².